The molecule has 8 heteroatoms. The summed E-state index contributed by atoms with van der Waals surface area (Å²) in [7, 11) is 1.54. The Morgan fingerprint density at radius 3 is 2.71 bits per heavy atom. The first-order valence-electron chi connectivity index (χ1n) is 6.99. The van der Waals surface area contributed by atoms with E-state index in [-0.39, 0.29) is 28.9 Å². The SMILES string of the molecule is COc1ccc(C)c(-c2nc(F)cc3c(=O)n(SF)cnc23)c1C. The average molecular weight is 349 g/mol. The second-order valence-electron chi connectivity index (χ2n) is 5.22. The fourth-order valence-electron chi connectivity index (χ4n) is 2.72. The number of pyridine rings is 1. The first-order valence-corrected chi connectivity index (χ1v) is 7.66. The van der Waals surface area contributed by atoms with Gasteiger partial charge in [-0.3, -0.25) is 4.79 Å². The van der Waals surface area contributed by atoms with Gasteiger partial charge in [0.15, 0.2) is 12.3 Å². The molecule has 0 fully saturated rings. The predicted octanol–water partition coefficient (Wildman–Crippen LogP) is 3.60. The molecule has 0 aliphatic rings. The molecule has 0 aliphatic heterocycles. The van der Waals surface area contributed by atoms with Crippen LogP contribution in [0.1, 0.15) is 11.1 Å². The smallest absolute Gasteiger partial charge is 0.273 e. The zero-order valence-corrected chi connectivity index (χ0v) is 13.9. The van der Waals surface area contributed by atoms with Crippen LogP contribution in [0.4, 0.5) is 8.28 Å². The van der Waals surface area contributed by atoms with Crippen LogP contribution in [0.25, 0.3) is 22.2 Å². The second kappa shape index (κ2) is 6.20. The fourth-order valence-corrected chi connectivity index (χ4v) is 2.96. The monoisotopic (exact) mass is 349 g/mol. The van der Waals surface area contributed by atoms with Gasteiger partial charge in [0.05, 0.1) is 12.5 Å². The van der Waals surface area contributed by atoms with Gasteiger partial charge in [0, 0.05) is 17.2 Å². The number of rotatable bonds is 3. The molecule has 1 aromatic carbocycles. The molecule has 5 nitrogen and oxygen atoms in total. The number of aryl methyl sites for hydroxylation is 1. The van der Waals surface area contributed by atoms with Gasteiger partial charge in [-0.25, -0.2) is 13.9 Å². The molecular formula is C16H13F2N3O2S. The lowest BCUT2D eigenvalue weighted by molar-refractivity contribution is 0.412. The van der Waals surface area contributed by atoms with Crippen LogP contribution in [0, 0.1) is 19.8 Å². The van der Waals surface area contributed by atoms with Gasteiger partial charge in [-0.05, 0) is 25.5 Å². The highest BCUT2D eigenvalue weighted by Crippen LogP contribution is 2.34. The minimum absolute atomic E-state index is 0.0354. The van der Waals surface area contributed by atoms with Crippen molar-refractivity contribution in [2.45, 2.75) is 13.8 Å². The number of methoxy groups -OCH3 is 1. The Morgan fingerprint density at radius 2 is 2.04 bits per heavy atom. The fraction of sp³-hybridized carbons (Fsp3) is 0.188. The molecule has 124 valence electrons. The summed E-state index contributed by atoms with van der Waals surface area (Å²) in [5.41, 5.74) is 1.98. The first kappa shape index (κ1) is 16.4. The molecule has 0 atom stereocenters. The van der Waals surface area contributed by atoms with Crippen molar-refractivity contribution in [1.82, 2.24) is 13.9 Å². The molecule has 3 rings (SSSR count). The Kier molecular flexibility index (Phi) is 4.23. The highest BCUT2D eigenvalue weighted by molar-refractivity contribution is 7.92. The maximum atomic E-state index is 14.0. The molecule has 0 amide bonds. The van der Waals surface area contributed by atoms with E-state index in [1.54, 1.807) is 6.07 Å². The maximum absolute atomic E-state index is 14.0. The molecule has 3 aromatic rings. The van der Waals surface area contributed by atoms with Crippen molar-refractivity contribution in [1.29, 1.82) is 0 Å². The number of fused-ring (bicyclic) bond motifs is 1. The van der Waals surface area contributed by atoms with Crippen LogP contribution in [-0.2, 0) is 0 Å². The van der Waals surface area contributed by atoms with Crippen molar-refractivity contribution in [2.75, 3.05) is 7.11 Å². The van der Waals surface area contributed by atoms with Crippen LogP contribution < -0.4 is 10.3 Å². The van der Waals surface area contributed by atoms with Gasteiger partial charge in [0.25, 0.3) is 5.56 Å². The lowest BCUT2D eigenvalue weighted by atomic mass is 9.97. The summed E-state index contributed by atoms with van der Waals surface area (Å²) < 4.78 is 32.8. The number of nitrogens with zero attached hydrogens (tertiary/aromatic N) is 3. The molecule has 0 saturated carbocycles. The molecule has 24 heavy (non-hydrogen) atoms. The standard InChI is InChI=1S/C16H13F2N3O2S/c1-8-4-5-11(23-3)9(2)13(8)15-14-10(6-12(17)20-15)16(22)21(24-18)7-19-14/h4-7H,1-3H3. The minimum Gasteiger partial charge on any atom is -0.496 e. The van der Waals surface area contributed by atoms with E-state index in [1.807, 2.05) is 19.9 Å². The zero-order valence-electron chi connectivity index (χ0n) is 13.1. The van der Waals surface area contributed by atoms with Crippen LogP contribution in [0.3, 0.4) is 0 Å². The van der Waals surface area contributed by atoms with Gasteiger partial charge in [-0.2, -0.15) is 4.39 Å². The molecule has 2 heterocycles. The molecule has 0 saturated heterocycles. The molecule has 0 bridgehead atoms. The van der Waals surface area contributed by atoms with Crippen molar-refractivity contribution < 1.29 is 13.0 Å². The Hall–Kier alpha value is -2.48. The maximum Gasteiger partial charge on any atom is 0.273 e. The molecule has 0 unspecified atom stereocenters. The summed E-state index contributed by atoms with van der Waals surface area (Å²) in [5, 5.41) is -0.0354. The van der Waals surface area contributed by atoms with Crippen molar-refractivity contribution in [3.63, 3.8) is 0 Å². The summed E-state index contributed by atoms with van der Waals surface area (Å²) in [5.74, 6) is -0.220. The third-order valence-corrected chi connectivity index (χ3v) is 4.25. The second-order valence-corrected chi connectivity index (χ2v) is 5.75. The largest absolute Gasteiger partial charge is 0.496 e. The topological polar surface area (TPSA) is 57.0 Å². The molecular weight excluding hydrogens is 336 g/mol. The van der Waals surface area contributed by atoms with E-state index in [4.69, 9.17) is 4.74 Å². The summed E-state index contributed by atoms with van der Waals surface area (Å²) >= 11 is -0.291. The zero-order chi connectivity index (χ0) is 17.4. The number of ether oxygens (including phenoxy) is 1. The summed E-state index contributed by atoms with van der Waals surface area (Å²) in [6.07, 6.45) is 1.06. The lowest BCUT2D eigenvalue weighted by Crippen LogP contribution is -2.16. The first-order chi connectivity index (χ1) is 11.5. The van der Waals surface area contributed by atoms with Crippen LogP contribution in [0.15, 0.2) is 29.3 Å². The van der Waals surface area contributed by atoms with E-state index in [9.17, 15) is 13.1 Å². The minimum atomic E-state index is -0.834. The predicted molar refractivity (Wildman–Crippen MR) is 89.3 cm³/mol. The Labute approximate surface area is 140 Å². The number of benzene rings is 1. The Morgan fingerprint density at radius 1 is 1.29 bits per heavy atom. The third-order valence-electron chi connectivity index (χ3n) is 3.84. The van der Waals surface area contributed by atoms with E-state index < -0.39 is 11.5 Å². The summed E-state index contributed by atoms with van der Waals surface area (Å²) in [6.45, 7) is 3.66. The van der Waals surface area contributed by atoms with Gasteiger partial charge in [-0.15, -0.1) is 3.89 Å². The number of aromatic nitrogens is 3. The lowest BCUT2D eigenvalue weighted by Gasteiger charge is -2.14. The Balaban J connectivity index is 2.44. The van der Waals surface area contributed by atoms with Gasteiger partial charge in [0.2, 0.25) is 5.95 Å². The van der Waals surface area contributed by atoms with Gasteiger partial charge < -0.3 is 4.74 Å². The van der Waals surface area contributed by atoms with Crippen molar-refractivity contribution >= 4 is 23.2 Å². The quantitative estimate of drug-likeness (QED) is 0.676. The molecule has 0 spiro atoms. The van der Waals surface area contributed by atoms with E-state index in [2.05, 4.69) is 9.97 Å². The van der Waals surface area contributed by atoms with Gasteiger partial charge in [-0.1, -0.05) is 6.07 Å². The van der Waals surface area contributed by atoms with E-state index in [1.165, 1.54) is 7.11 Å². The molecule has 2 aromatic heterocycles. The van der Waals surface area contributed by atoms with Crippen molar-refractivity contribution in [3.8, 4) is 17.0 Å². The van der Waals surface area contributed by atoms with E-state index >= 15 is 0 Å². The normalized spacial score (nSPS) is 11.0. The van der Waals surface area contributed by atoms with E-state index in [0.29, 0.717) is 15.3 Å². The highest BCUT2D eigenvalue weighted by atomic mass is 32.2. The van der Waals surface area contributed by atoms with Crippen LogP contribution in [0.5, 0.6) is 5.75 Å². The highest BCUT2D eigenvalue weighted by Gasteiger charge is 2.19. The van der Waals surface area contributed by atoms with Gasteiger partial charge >= 0.3 is 0 Å². The van der Waals surface area contributed by atoms with E-state index in [0.717, 1.165) is 23.5 Å². The summed E-state index contributed by atoms with van der Waals surface area (Å²) in [4.78, 5) is 20.3. The van der Waals surface area contributed by atoms with Crippen LogP contribution in [-0.4, -0.2) is 21.1 Å². The number of hydrogen-bond acceptors (Lipinski definition) is 5. The van der Waals surface area contributed by atoms with Crippen LogP contribution >= 0.6 is 12.3 Å². The molecule has 0 aliphatic carbocycles. The van der Waals surface area contributed by atoms with Crippen LogP contribution in [0.2, 0.25) is 0 Å². The summed E-state index contributed by atoms with van der Waals surface area (Å²) in [6, 6.07) is 4.58. The average Bonchev–Trinajstić information content (AvgIpc) is 2.56. The number of halogens is 2. The van der Waals surface area contributed by atoms with Gasteiger partial charge in [0.1, 0.15) is 23.3 Å². The Bertz CT molecular complexity index is 1000. The van der Waals surface area contributed by atoms with Crippen molar-refractivity contribution in [3.05, 3.63) is 52.0 Å². The van der Waals surface area contributed by atoms with Crippen molar-refractivity contribution in [2.24, 2.45) is 0 Å². The third kappa shape index (κ3) is 2.52. The molecule has 0 N–H and O–H groups in total. The molecule has 0 radical (unpaired) electrons. The number of hydrogen-bond donors (Lipinski definition) is 0.